The van der Waals surface area contributed by atoms with Crippen LogP contribution in [0.1, 0.15) is 18.9 Å². The molecule has 0 radical (unpaired) electrons. The molecule has 0 unspecified atom stereocenters. The van der Waals surface area contributed by atoms with Gasteiger partial charge in [-0.3, -0.25) is 14.5 Å². The molecule has 0 fully saturated rings. The van der Waals surface area contributed by atoms with E-state index < -0.39 is 0 Å². The van der Waals surface area contributed by atoms with E-state index in [1.54, 1.807) is 30.1 Å². The van der Waals surface area contributed by atoms with Gasteiger partial charge in [-0.05, 0) is 24.6 Å². The standard InChI is InChI=1S/C15H21FN2O2/c1-3-8-18(11-15(20)17-2)10-13(19)9-12-6-4-5-7-14(12)16/h4-7H,3,8-11H2,1-2H3,(H,17,20). The first kappa shape index (κ1) is 16.3. The fraction of sp³-hybridized carbons (Fsp3) is 0.467. The summed E-state index contributed by atoms with van der Waals surface area (Å²) < 4.78 is 13.5. The van der Waals surface area contributed by atoms with Gasteiger partial charge in [-0.2, -0.15) is 0 Å². The SMILES string of the molecule is CCCN(CC(=O)Cc1ccccc1F)CC(=O)NC. The summed E-state index contributed by atoms with van der Waals surface area (Å²) in [6.07, 6.45) is 0.907. The number of hydrogen-bond acceptors (Lipinski definition) is 3. The Labute approximate surface area is 119 Å². The van der Waals surface area contributed by atoms with Crippen LogP contribution in [-0.2, 0) is 16.0 Å². The highest BCUT2D eigenvalue weighted by Crippen LogP contribution is 2.08. The minimum Gasteiger partial charge on any atom is -0.358 e. The number of rotatable bonds is 8. The zero-order valence-corrected chi connectivity index (χ0v) is 12.0. The topological polar surface area (TPSA) is 49.4 Å². The number of hydrogen-bond donors (Lipinski definition) is 1. The van der Waals surface area contributed by atoms with E-state index in [1.807, 2.05) is 6.92 Å². The van der Waals surface area contributed by atoms with Crippen LogP contribution >= 0.6 is 0 Å². The highest BCUT2D eigenvalue weighted by molar-refractivity contribution is 5.84. The number of amides is 1. The molecule has 0 aromatic heterocycles. The first-order valence-electron chi connectivity index (χ1n) is 6.74. The monoisotopic (exact) mass is 280 g/mol. The van der Waals surface area contributed by atoms with Crippen molar-refractivity contribution < 1.29 is 14.0 Å². The fourth-order valence-electron chi connectivity index (χ4n) is 1.97. The lowest BCUT2D eigenvalue weighted by atomic mass is 10.1. The van der Waals surface area contributed by atoms with Gasteiger partial charge in [0.05, 0.1) is 13.1 Å². The molecule has 110 valence electrons. The highest BCUT2D eigenvalue weighted by atomic mass is 19.1. The summed E-state index contributed by atoms with van der Waals surface area (Å²) in [6, 6.07) is 6.26. The predicted octanol–water partition coefficient (Wildman–Crippen LogP) is 1.40. The Hall–Kier alpha value is -1.75. The summed E-state index contributed by atoms with van der Waals surface area (Å²) in [5.41, 5.74) is 0.397. The highest BCUT2D eigenvalue weighted by Gasteiger charge is 2.14. The number of halogens is 1. The lowest BCUT2D eigenvalue weighted by molar-refractivity contribution is -0.123. The molecule has 0 aliphatic carbocycles. The second-order valence-electron chi connectivity index (χ2n) is 4.69. The number of likely N-dealkylation sites (N-methyl/N-ethyl adjacent to an activating group) is 1. The summed E-state index contributed by atoms with van der Waals surface area (Å²) in [7, 11) is 1.56. The molecule has 0 saturated carbocycles. The maximum Gasteiger partial charge on any atom is 0.233 e. The summed E-state index contributed by atoms with van der Waals surface area (Å²) in [5.74, 6) is -0.584. The first-order chi connectivity index (χ1) is 9.56. The van der Waals surface area contributed by atoms with Crippen molar-refractivity contribution in [2.45, 2.75) is 19.8 Å². The molecule has 0 heterocycles. The van der Waals surface area contributed by atoms with Crippen molar-refractivity contribution in [1.82, 2.24) is 10.2 Å². The van der Waals surface area contributed by atoms with Crippen LogP contribution in [-0.4, -0.2) is 43.3 Å². The smallest absolute Gasteiger partial charge is 0.233 e. The number of ketones is 1. The van der Waals surface area contributed by atoms with E-state index in [0.29, 0.717) is 12.1 Å². The van der Waals surface area contributed by atoms with E-state index in [0.717, 1.165) is 6.42 Å². The minimum absolute atomic E-state index is 0.0562. The van der Waals surface area contributed by atoms with Crippen LogP contribution < -0.4 is 5.32 Å². The van der Waals surface area contributed by atoms with Gasteiger partial charge in [0.25, 0.3) is 0 Å². The van der Waals surface area contributed by atoms with Gasteiger partial charge < -0.3 is 5.32 Å². The Morgan fingerprint density at radius 3 is 2.55 bits per heavy atom. The molecule has 0 spiro atoms. The molecule has 5 heteroatoms. The van der Waals surface area contributed by atoms with Crippen LogP contribution in [0, 0.1) is 5.82 Å². The average molecular weight is 280 g/mol. The van der Waals surface area contributed by atoms with Crippen LogP contribution in [0.3, 0.4) is 0 Å². The van der Waals surface area contributed by atoms with E-state index >= 15 is 0 Å². The Morgan fingerprint density at radius 2 is 1.95 bits per heavy atom. The van der Waals surface area contributed by atoms with Gasteiger partial charge in [-0.1, -0.05) is 25.1 Å². The molecule has 0 aliphatic heterocycles. The minimum atomic E-state index is -0.366. The van der Waals surface area contributed by atoms with Crippen molar-refractivity contribution in [1.29, 1.82) is 0 Å². The van der Waals surface area contributed by atoms with E-state index in [2.05, 4.69) is 5.32 Å². The van der Waals surface area contributed by atoms with Crippen molar-refractivity contribution in [2.24, 2.45) is 0 Å². The fourth-order valence-corrected chi connectivity index (χ4v) is 1.97. The number of nitrogens with zero attached hydrogens (tertiary/aromatic N) is 1. The van der Waals surface area contributed by atoms with Gasteiger partial charge in [-0.25, -0.2) is 4.39 Å². The molecule has 0 saturated heterocycles. The number of nitrogens with one attached hydrogen (secondary N) is 1. The zero-order chi connectivity index (χ0) is 15.0. The van der Waals surface area contributed by atoms with Crippen LogP contribution in [0.5, 0.6) is 0 Å². The van der Waals surface area contributed by atoms with Crippen LogP contribution in [0.2, 0.25) is 0 Å². The third-order valence-corrected chi connectivity index (χ3v) is 2.93. The molecule has 0 atom stereocenters. The van der Waals surface area contributed by atoms with E-state index in [9.17, 15) is 14.0 Å². The second-order valence-corrected chi connectivity index (χ2v) is 4.69. The zero-order valence-electron chi connectivity index (χ0n) is 12.0. The summed E-state index contributed by atoms with van der Waals surface area (Å²) in [5, 5.41) is 2.53. The Bertz CT molecular complexity index is 463. The molecule has 1 N–H and O–H groups in total. The third-order valence-electron chi connectivity index (χ3n) is 2.93. The Balaban J connectivity index is 2.57. The lowest BCUT2D eigenvalue weighted by Crippen LogP contribution is -2.39. The Kier molecular flexibility index (Phi) is 6.87. The van der Waals surface area contributed by atoms with Gasteiger partial charge in [-0.15, -0.1) is 0 Å². The first-order valence-corrected chi connectivity index (χ1v) is 6.74. The molecular weight excluding hydrogens is 259 g/mol. The van der Waals surface area contributed by atoms with E-state index in [4.69, 9.17) is 0 Å². The Morgan fingerprint density at radius 1 is 1.25 bits per heavy atom. The predicted molar refractivity (Wildman–Crippen MR) is 75.9 cm³/mol. The quantitative estimate of drug-likeness (QED) is 0.783. The number of carbonyl (C=O) groups is 2. The maximum atomic E-state index is 13.5. The summed E-state index contributed by atoms with van der Waals surface area (Å²) in [4.78, 5) is 25.1. The normalized spacial score (nSPS) is 10.6. The van der Waals surface area contributed by atoms with Crippen LogP contribution in [0.25, 0.3) is 0 Å². The third kappa shape index (κ3) is 5.48. The van der Waals surface area contributed by atoms with Crippen LogP contribution in [0.4, 0.5) is 4.39 Å². The number of benzene rings is 1. The molecule has 20 heavy (non-hydrogen) atoms. The maximum absolute atomic E-state index is 13.5. The largest absolute Gasteiger partial charge is 0.358 e. The van der Waals surface area contributed by atoms with E-state index in [1.165, 1.54) is 6.07 Å². The summed E-state index contributed by atoms with van der Waals surface area (Å²) >= 11 is 0. The molecule has 1 aromatic rings. The van der Waals surface area contributed by atoms with E-state index in [-0.39, 0.29) is 37.0 Å². The van der Waals surface area contributed by atoms with Gasteiger partial charge in [0.15, 0.2) is 5.78 Å². The second kappa shape index (κ2) is 8.43. The molecule has 1 rings (SSSR count). The molecule has 0 aliphatic rings. The van der Waals surface area contributed by atoms with Gasteiger partial charge in [0.2, 0.25) is 5.91 Å². The molecule has 1 aromatic carbocycles. The lowest BCUT2D eigenvalue weighted by Gasteiger charge is -2.19. The molecule has 0 bridgehead atoms. The average Bonchev–Trinajstić information content (AvgIpc) is 2.41. The van der Waals surface area contributed by atoms with Crippen molar-refractivity contribution in [3.05, 3.63) is 35.6 Å². The van der Waals surface area contributed by atoms with Crippen molar-refractivity contribution in [2.75, 3.05) is 26.7 Å². The van der Waals surface area contributed by atoms with Gasteiger partial charge in [0, 0.05) is 13.5 Å². The number of Topliss-reactive ketones (excluding diaryl/α,β-unsaturated/α-hetero) is 1. The van der Waals surface area contributed by atoms with Gasteiger partial charge in [0.1, 0.15) is 5.82 Å². The summed E-state index contributed by atoms with van der Waals surface area (Å²) in [6.45, 7) is 3.00. The van der Waals surface area contributed by atoms with Crippen molar-refractivity contribution in [3.8, 4) is 0 Å². The molecule has 1 amide bonds. The number of carbonyl (C=O) groups excluding carboxylic acids is 2. The van der Waals surface area contributed by atoms with Crippen molar-refractivity contribution in [3.63, 3.8) is 0 Å². The van der Waals surface area contributed by atoms with Gasteiger partial charge >= 0.3 is 0 Å². The molecular formula is C15H21FN2O2. The molecule has 4 nitrogen and oxygen atoms in total. The van der Waals surface area contributed by atoms with Crippen LogP contribution in [0.15, 0.2) is 24.3 Å². The van der Waals surface area contributed by atoms with Crippen molar-refractivity contribution >= 4 is 11.7 Å².